The molecular weight excluding hydrogens is 373 g/mol. The highest BCUT2D eigenvalue weighted by atomic mass is 35.5. The van der Waals surface area contributed by atoms with E-state index in [0.29, 0.717) is 12.4 Å². The zero-order valence-corrected chi connectivity index (χ0v) is 17.1. The van der Waals surface area contributed by atoms with Gasteiger partial charge < -0.3 is 20.9 Å². The van der Waals surface area contributed by atoms with Crippen molar-refractivity contribution in [2.45, 2.75) is 38.3 Å². The van der Waals surface area contributed by atoms with Crippen LogP contribution in [0.2, 0.25) is 0 Å². The molecule has 0 aliphatic rings. The number of aliphatic hydroxyl groups excluding tert-OH is 1. The van der Waals surface area contributed by atoms with Crippen LogP contribution in [0.25, 0.3) is 0 Å². The quantitative estimate of drug-likeness (QED) is 0.629. The van der Waals surface area contributed by atoms with E-state index in [-0.39, 0.29) is 30.4 Å². The van der Waals surface area contributed by atoms with Crippen LogP contribution in [0.3, 0.4) is 0 Å². The number of aliphatic hydroxyl groups is 1. The number of β-amino-alcohol motifs (C(OH)–C–C–N with tert-alkyl or cyclic N) is 1. The standard InChI is InChI=1S/C19H27N3O2.2ClH/c1-19(2,11-10-14-4-7-16(24-3)8-5-14)22-13-17(23)15-6-9-18(20)21-12-15;;/h4-9,12,17,22-23H,10-11,13H2,1-3H3,(H2,20,21);2*1H/t17-;;/m0../s1. The molecule has 2 aromatic rings. The molecular formula is C19H29Cl2N3O2. The Balaban J connectivity index is 0.00000312. The Bertz CT molecular complexity index is 634. The molecule has 7 heteroatoms. The summed E-state index contributed by atoms with van der Waals surface area (Å²) in [5.41, 5.74) is 7.52. The minimum Gasteiger partial charge on any atom is -0.497 e. The summed E-state index contributed by atoms with van der Waals surface area (Å²) in [5, 5.41) is 13.7. The highest BCUT2D eigenvalue weighted by Gasteiger charge is 2.19. The molecule has 0 radical (unpaired) electrons. The number of nitrogens with two attached hydrogens (primary N) is 1. The van der Waals surface area contributed by atoms with Crippen molar-refractivity contribution in [1.29, 1.82) is 0 Å². The van der Waals surface area contributed by atoms with Crippen molar-refractivity contribution in [3.05, 3.63) is 53.7 Å². The third-order valence-electron chi connectivity index (χ3n) is 4.17. The Morgan fingerprint density at radius 1 is 1.15 bits per heavy atom. The van der Waals surface area contributed by atoms with Gasteiger partial charge in [-0.2, -0.15) is 0 Å². The molecule has 0 spiro atoms. The van der Waals surface area contributed by atoms with Crippen LogP contribution in [0, 0.1) is 0 Å². The van der Waals surface area contributed by atoms with E-state index in [0.717, 1.165) is 24.2 Å². The third-order valence-corrected chi connectivity index (χ3v) is 4.17. The first-order valence-electron chi connectivity index (χ1n) is 8.17. The SMILES string of the molecule is COc1ccc(CCC(C)(C)NC[C@H](O)c2ccc(N)nc2)cc1.Cl.Cl. The lowest BCUT2D eigenvalue weighted by Crippen LogP contribution is -2.42. The average Bonchev–Trinajstić information content (AvgIpc) is 2.59. The largest absolute Gasteiger partial charge is 0.497 e. The molecule has 146 valence electrons. The molecule has 0 unspecified atom stereocenters. The van der Waals surface area contributed by atoms with Crippen LogP contribution in [0.5, 0.6) is 5.75 Å². The summed E-state index contributed by atoms with van der Waals surface area (Å²) in [4.78, 5) is 4.01. The maximum Gasteiger partial charge on any atom is 0.123 e. The number of methoxy groups -OCH3 is 1. The second-order valence-electron chi connectivity index (χ2n) is 6.65. The van der Waals surface area contributed by atoms with Crippen molar-refractivity contribution in [2.75, 3.05) is 19.4 Å². The van der Waals surface area contributed by atoms with Gasteiger partial charge in [-0.1, -0.05) is 18.2 Å². The molecule has 2 rings (SSSR count). The van der Waals surface area contributed by atoms with Gasteiger partial charge in [-0.15, -0.1) is 24.8 Å². The summed E-state index contributed by atoms with van der Waals surface area (Å²) in [6.45, 7) is 4.76. The zero-order chi connectivity index (χ0) is 17.6. The molecule has 0 saturated heterocycles. The molecule has 0 amide bonds. The smallest absolute Gasteiger partial charge is 0.123 e. The summed E-state index contributed by atoms with van der Waals surface area (Å²) in [6, 6.07) is 11.6. The van der Waals surface area contributed by atoms with Crippen LogP contribution in [0.1, 0.15) is 37.5 Å². The van der Waals surface area contributed by atoms with Crippen LogP contribution in [-0.4, -0.2) is 29.3 Å². The number of anilines is 1. The number of halogens is 2. The number of pyridine rings is 1. The first kappa shape index (κ1) is 24.5. The summed E-state index contributed by atoms with van der Waals surface area (Å²) < 4.78 is 5.18. The third kappa shape index (κ3) is 7.79. The molecule has 1 heterocycles. The van der Waals surface area contributed by atoms with E-state index in [9.17, 15) is 5.11 Å². The van der Waals surface area contributed by atoms with Crippen molar-refractivity contribution in [3.63, 3.8) is 0 Å². The van der Waals surface area contributed by atoms with E-state index < -0.39 is 6.10 Å². The number of rotatable bonds is 8. The fourth-order valence-corrected chi connectivity index (χ4v) is 2.44. The molecule has 0 saturated carbocycles. The summed E-state index contributed by atoms with van der Waals surface area (Å²) in [7, 11) is 1.67. The number of ether oxygens (including phenoxy) is 1. The van der Waals surface area contributed by atoms with Crippen LogP contribution in [0.15, 0.2) is 42.6 Å². The van der Waals surface area contributed by atoms with E-state index in [2.05, 4.69) is 36.3 Å². The van der Waals surface area contributed by atoms with E-state index in [4.69, 9.17) is 10.5 Å². The van der Waals surface area contributed by atoms with Gasteiger partial charge >= 0.3 is 0 Å². The normalized spacial score (nSPS) is 11.8. The minimum atomic E-state index is -0.599. The summed E-state index contributed by atoms with van der Waals surface area (Å²) >= 11 is 0. The molecule has 1 aromatic carbocycles. The molecule has 26 heavy (non-hydrogen) atoms. The van der Waals surface area contributed by atoms with Crippen molar-refractivity contribution in [3.8, 4) is 5.75 Å². The number of aromatic nitrogens is 1. The number of hydrogen-bond donors (Lipinski definition) is 3. The van der Waals surface area contributed by atoms with Crippen LogP contribution >= 0.6 is 24.8 Å². The van der Waals surface area contributed by atoms with E-state index >= 15 is 0 Å². The lowest BCUT2D eigenvalue weighted by atomic mass is 9.94. The van der Waals surface area contributed by atoms with Crippen LogP contribution in [0.4, 0.5) is 5.82 Å². The first-order valence-corrected chi connectivity index (χ1v) is 8.17. The van der Waals surface area contributed by atoms with Gasteiger partial charge in [0.25, 0.3) is 0 Å². The average molecular weight is 402 g/mol. The van der Waals surface area contributed by atoms with Crippen LogP contribution in [-0.2, 0) is 6.42 Å². The first-order chi connectivity index (χ1) is 11.4. The second-order valence-corrected chi connectivity index (χ2v) is 6.65. The van der Waals surface area contributed by atoms with E-state index in [1.807, 2.05) is 12.1 Å². The molecule has 4 N–H and O–H groups in total. The Hall–Kier alpha value is -1.53. The molecule has 1 aromatic heterocycles. The molecule has 5 nitrogen and oxygen atoms in total. The van der Waals surface area contributed by atoms with Gasteiger partial charge in [0, 0.05) is 23.8 Å². The maximum atomic E-state index is 10.3. The van der Waals surface area contributed by atoms with Gasteiger partial charge in [-0.05, 0) is 50.5 Å². The fraction of sp³-hybridized carbons (Fsp3) is 0.421. The van der Waals surface area contributed by atoms with Gasteiger partial charge in [0.1, 0.15) is 11.6 Å². The molecule has 0 fully saturated rings. The van der Waals surface area contributed by atoms with Gasteiger partial charge in [-0.25, -0.2) is 4.98 Å². The van der Waals surface area contributed by atoms with Gasteiger partial charge in [0.15, 0.2) is 0 Å². The number of benzene rings is 1. The Morgan fingerprint density at radius 3 is 2.35 bits per heavy atom. The lowest BCUT2D eigenvalue weighted by molar-refractivity contribution is 0.159. The predicted octanol–water partition coefficient (Wildman–Crippen LogP) is 3.55. The van der Waals surface area contributed by atoms with Crippen molar-refractivity contribution >= 4 is 30.6 Å². The predicted molar refractivity (Wildman–Crippen MR) is 112 cm³/mol. The fourth-order valence-electron chi connectivity index (χ4n) is 2.44. The Morgan fingerprint density at radius 2 is 1.81 bits per heavy atom. The van der Waals surface area contributed by atoms with E-state index in [1.54, 1.807) is 25.4 Å². The molecule has 0 aliphatic heterocycles. The number of nitrogen functional groups attached to an aromatic ring is 1. The Labute approximate surface area is 168 Å². The van der Waals surface area contributed by atoms with Crippen molar-refractivity contribution in [2.24, 2.45) is 0 Å². The topological polar surface area (TPSA) is 80.4 Å². The molecule has 0 aliphatic carbocycles. The summed E-state index contributed by atoms with van der Waals surface area (Å²) in [5.74, 6) is 1.33. The monoisotopic (exact) mass is 401 g/mol. The maximum absolute atomic E-state index is 10.3. The minimum absolute atomic E-state index is 0. The highest BCUT2D eigenvalue weighted by Crippen LogP contribution is 2.18. The van der Waals surface area contributed by atoms with E-state index in [1.165, 1.54) is 5.56 Å². The Kier molecular flexibility index (Phi) is 10.6. The van der Waals surface area contributed by atoms with Gasteiger partial charge in [0.05, 0.1) is 13.2 Å². The molecule has 1 atom stereocenters. The second kappa shape index (κ2) is 11.2. The van der Waals surface area contributed by atoms with Gasteiger partial charge in [0.2, 0.25) is 0 Å². The number of hydrogen-bond acceptors (Lipinski definition) is 5. The number of nitrogens with one attached hydrogen (secondary N) is 1. The zero-order valence-electron chi connectivity index (χ0n) is 15.4. The van der Waals surface area contributed by atoms with Crippen molar-refractivity contribution < 1.29 is 9.84 Å². The van der Waals surface area contributed by atoms with Gasteiger partial charge in [-0.3, -0.25) is 0 Å². The van der Waals surface area contributed by atoms with Crippen molar-refractivity contribution in [1.82, 2.24) is 10.3 Å². The molecule has 0 bridgehead atoms. The summed E-state index contributed by atoms with van der Waals surface area (Å²) in [6.07, 6.45) is 2.94. The highest BCUT2D eigenvalue weighted by molar-refractivity contribution is 5.85. The lowest BCUT2D eigenvalue weighted by Gasteiger charge is -2.28. The number of nitrogens with zero attached hydrogens (tertiary/aromatic N) is 1. The number of aryl methyl sites for hydroxylation is 1. The van der Waals surface area contributed by atoms with Crippen LogP contribution < -0.4 is 15.8 Å².